The first-order chi connectivity index (χ1) is 13.5. The highest BCUT2D eigenvalue weighted by Gasteiger charge is 2.36. The van der Waals surface area contributed by atoms with Crippen molar-refractivity contribution in [2.24, 2.45) is 5.16 Å². The molecule has 1 atom stereocenters. The zero-order chi connectivity index (χ0) is 22.1. The summed E-state index contributed by atoms with van der Waals surface area (Å²) in [6, 6.07) is 6.45. The molecule has 0 unspecified atom stereocenters. The van der Waals surface area contributed by atoms with Gasteiger partial charge >= 0.3 is 6.09 Å². The minimum Gasteiger partial charge on any atom is -0.497 e. The van der Waals surface area contributed by atoms with Crippen molar-refractivity contribution in [2.75, 3.05) is 13.7 Å². The molecule has 1 rings (SSSR count). The zero-order valence-electron chi connectivity index (χ0n) is 18.1. The number of methoxy groups -OCH3 is 1. The predicted molar refractivity (Wildman–Crippen MR) is 116 cm³/mol. The van der Waals surface area contributed by atoms with Crippen LogP contribution in [0.2, 0.25) is 18.1 Å². The van der Waals surface area contributed by atoms with E-state index in [0.717, 1.165) is 5.56 Å². The van der Waals surface area contributed by atoms with Crippen molar-refractivity contribution < 1.29 is 24.3 Å². The van der Waals surface area contributed by atoms with E-state index in [1.54, 1.807) is 19.2 Å². The molecule has 1 amide bonds. The molecule has 0 aromatic heterocycles. The Morgan fingerprint density at radius 1 is 1.28 bits per heavy atom. The Labute approximate surface area is 174 Å². The van der Waals surface area contributed by atoms with Gasteiger partial charge in [0, 0.05) is 13.0 Å². The van der Waals surface area contributed by atoms with Crippen LogP contribution in [0.1, 0.15) is 32.8 Å². The molecular weight excluding hydrogens is 388 g/mol. The topological polar surface area (TPSA) is 100 Å². The van der Waals surface area contributed by atoms with Gasteiger partial charge in [0.25, 0.3) is 0 Å². The van der Waals surface area contributed by atoms with Crippen LogP contribution in [0.5, 0.6) is 5.75 Å². The Balaban J connectivity index is 2.79. The number of hydrogen-bond donors (Lipinski definition) is 3. The van der Waals surface area contributed by atoms with E-state index < -0.39 is 20.5 Å². The maximum Gasteiger partial charge on any atom is 0.405 e. The van der Waals surface area contributed by atoms with Crippen molar-refractivity contribution in [1.29, 1.82) is 0 Å². The van der Waals surface area contributed by atoms with Crippen molar-refractivity contribution in [2.45, 2.75) is 57.8 Å². The molecule has 0 heterocycles. The van der Waals surface area contributed by atoms with Gasteiger partial charge < -0.3 is 24.8 Å². The average Bonchev–Trinajstić information content (AvgIpc) is 2.63. The Morgan fingerprint density at radius 2 is 1.90 bits per heavy atom. The van der Waals surface area contributed by atoms with Gasteiger partial charge in [0.1, 0.15) is 5.75 Å². The smallest absolute Gasteiger partial charge is 0.405 e. The number of oxime groups is 1. The minimum absolute atomic E-state index is 0.0653. The molecule has 0 saturated carbocycles. The van der Waals surface area contributed by atoms with Crippen LogP contribution in [-0.4, -0.2) is 50.2 Å². The second-order valence-electron chi connectivity index (χ2n) is 8.20. The SMILES string of the molecule is COc1ccc(C[C@H](NC(=O)O)C(C#CCCO[Si](C)(C)C(C)(C)C)=NO)cc1. The van der Waals surface area contributed by atoms with E-state index in [0.29, 0.717) is 25.2 Å². The summed E-state index contributed by atoms with van der Waals surface area (Å²) in [6.45, 7) is 11.3. The molecule has 8 heteroatoms. The first-order valence-electron chi connectivity index (χ1n) is 9.47. The Morgan fingerprint density at radius 3 is 2.38 bits per heavy atom. The van der Waals surface area contributed by atoms with Gasteiger partial charge in [-0.1, -0.05) is 44.0 Å². The number of amides is 1. The van der Waals surface area contributed by atoms with Gasteiger partial charge in [-0.25, -0.2) is 4.79 Å². The van der Waals surface area contributed by atoms with E-state index in [1.165, 1.54) is 0 Å². The summed E-state index contributed by atoms with van der Waals surface area (Å²) >= 11 is 0. The molecule has 0 aliphatic rings. The normalized spacial score (nSPS) is 13.2. The third-order valence-electron chi connectivity index (χ3n) is 5.05. The van der Waals surface area contributed by atoms with E-state index in [1.807, 2.05) is 12.1 Å². The first kappa shape index (κ1) is 24.5. The van der Waals surface area contributed by atoms with Crippen molar-refractivity contribution >= 4 is 20.1 Å². The van der Waals surface area contributed by atoms with Gasteiger partial charge in [-0.2, -0.15) is 0 Å². The highest BCUT2D eigenvalue weighted by Crippen LogP contribution is 2.36. The highest BCUT2D eigenvalue weighted by atomic mass is 28.4. The Bertz CT molecular complexity index is 758. The molecule has 160 valence electrons. The Kier molecular flexibility index (Phi) is 9.21. The second kappa shape index (κ2) is 10.9. The summed E-state index contributed by atoms with van der Waals surface area (Å²) in [6.07, 6.45) is -0.452. The lowest BCUT2D eigenvalue weighted by Crippen LogP contribution is -2.41. The Hall–Kier alpha value is -2.50. The number of benzene rings is 1. The maximum absolute atomic E-state index is 11.2. The molecule has 0 fully saturated rings. The highest BCUT2D eigenvalue weighted by molar-refractivity contribution is 6.74. The summed E-state index contributed by atoms with van der Waals surface area (Å²) in [5.41, 5.74) is 0.921. The summed E-state index contributed by atoms with van der Waals surface area (Å²) in [7, 11) is -0.266. The number of nitrogens with zero attached hydrogens (tertiary/aromatic N) is 1. The largest absolute Gasteiger partial charge is 0.497 e. The van der Waals surface area contributed by atoms with Crippen LogP contribution in [0.15, 0.2) is 29.4 Å². The van der Waals surface area contributed by atoms with Gasteiger partial charge in [-0.05, 0) is 48.2 Å². The number of nitrogens with one attached hydrogen (secondary N) is 1. The van der Waals surface area contributed by atoms with Gasteiger partial charge in [-0.3, -0.25) is 0 Å². The number of carbonyl (C=O) groups is 1. The molecule has 1 aromatic carbocycles. The van der Waals surface area contributed by atoms with E-state index >= 15 is 0 Å². The minimum atomic E-state index is -1.84. The lowest BCUT2D eigenvalue weighted by molar-refractivity contribution is 0.192. The third-order valence-corrected chi connectivity index (χ3v) is 9.59. The first-order valence-corrected chi connectivity index (χ1v) is 12.4. The summed E-state index contributed by atoms with van der Waals surface area (Å²) in [5.74, 6) is 6.40. The van der Waals surface area contributed by atoms with Crippen molar-refractivity contribution in [3.8, 4) is 17.6 Å². The summed E-state index contributed by atoms with van der Waals surface area (Å²) in [5, 5.41) is 24.2. The summed E-state index contributed by atoms with van der Waals surface area (Å²) < 4.78 is 11.2. The van der Waals surface area contributed by atoms with Crippen molar-refractivity contribution in [3.63, 3.8) is 0 Å². The van der Waals surface area contributed by atoms with Crippen LogP contribution in [-0.2, 0) is 10.8 Å². The molecule has 7 nitrogen and oxygen atoms in total. The van der Waals surface area contributed by atoms with Gasteiger partial charge in [-0.15, -0.1) is 0 Å². The molecule has 0 aliphatic heterocycles. The number of carboxylic acid groups (broad SMARTS) is 1. The molecule has 0 bridgehead atoms. The molecule has 1 aromatic rings. The molecule has 0 radical (unpaired) electrons. The van der Waals surface area contributed by atoms with Crippen LogP contribution in [0.25, 0.3) is 0 Å². The molecule has 0 aliphatic carbocycles. The molecule has 0 saturated heterocycles. The molecule has 29 heavy (non-hydrogen) atoms. The molecule has 0 spiro atoms. The zero-order valence-corrected chi connectivity index (χ0v) is 19.1. The van der Waals surface area contributed by atoms with Crippen LogP contribution in [0.3, 0.4) is 0 Å². The van der Waals surface area contributed by atoms with Crippen LogP contribution >= 0.6 is 0 Å². The predicted octanol–water partition coefficient (Wildman–Crippen LogP) is 4.12. The lowest BCUT2D eigenvalue weighted by Gasteiger charge is -2.35. The third kappa shape index (κ3) is 8.17. The standard InChI is InChI=1S/C21H32N2O5Si/c1-21(2,3)29(5,6)28-14-8-7-9-18(23-26)19(22-20(24)25)15-16-10-12-17(27-4)13-11-16/h10-13,19,22,26H,8,14-15H2,1-6H3,(H,24,25)/t19-/m0/s1. The monoisotopic (exact) mass is 420 g/mol. The fraction of sp³-hybridized carbons (Fsp3) is 0.524. The van der Waals surface area contributed by atoms with E-state index in [4.69, 9.17) is 14.3 Å². The number of rotatable bonds is 8. The van der Waals surface area contributed by atoms with Gasteiger partial charge in [0.15, 0.2) is 14.0 Å². The quantitative estimate of drug-likeness (QED) is 0.147. The van der Waals surface area contributed by atoms with E-state index in [-0.39, 0.29) is 10.7 Å². The number of hydrogen-bond acceptors (Lipinski definition) is 5. The maximum atomic E-state index is 11.2. The van der Waals surface area contributed by atoms with Crippen molar-refractivity contribution in [1.82, 2.24) is 5.32 Å². The second-order valence-corrected chi connectivity index (χ2v) is 13.0. The fourth-order valence-electron chi connectivity index (χ4n) is 2.27. The van der Waals surface area contributed by atoms with Gasteiger partial charge in [0.05, 0.1) is 13.2 Å². The van der Waals surface area contributed by atoms with E-state index in [2.05, 4.69) is 56.2 Å². The van der Waals surface area contributed by atoms with Gasteiger partial charge in [0.2, 0.25) is 0 Å². The van der Waals surface area contributed by atoms with E-state index in [9.17, 15) is 10.0 Å². The van der Waals surface area contributed by atoms with Crippen LogP contribution in [0, 0.1) is 11.8 Å². The van der Waals surface area contributed by atoms with Crippen molar-refractivity contribution in [3.05, 3.63) is 29.8 Å². The summed E-state index contributed by atoms with van der Waals surface area (Å²) in [4.78, 5) is 11.2. The number of ether oxygens (including phenoxy) is 1. The van der Waals surface area contributed by atoms with Crippen LogP contribution in [0.4, 0.5) is 4.79 Å². The van der Waals surface area contributed by atoms with Crippen LogP contribution < -0.4 is 10.1 Å². The average molecular weight is 421 g/mol. The molecule has 3 N–H and O–H groups in total. The lowest BCUT2D eigenvalue weighted by atomic mass is 10.0. The fourth-order valence-corrected chi connectivity index (χ4v) is 3.32. The molecular formula is C21H32N2O5Si.